The second kappa shape index (κ2) is 8.21. The molecule has 0 radical (unpaired) electrons. The first kappa shape index (κ1) is 15.3. The lowest BCUT2D eigenvalue weighted by atomic mass is 10.1. The first-order chi connectivity index (χ1) is 10.3. The third kappa shape index (κ3) is 5.39. The van der Waals surface area contributed by atoms with E-state index in [1.807, 2.05) is 12.1 Å². The van der Waals surface area contributed by atoms with Gasteiger partial charge in [0.15, 0.2) is 0 Å². The van der Waals surface area contributed by atoms with Crippen LogP contribution >= 0.6 is 0 Å². The first-order valence-electron chi connectivity index (χ1n) is 6.86. The van der Waals surface area contributed by atoms with Crippen LogP contribution in [-0.4, -0.2) is 19.1 Å². The molecule has 1 amide bonds. The Morgan fingerprint density at radius 1 is 1.24 bits per heavy atom. The highest BCUT2D eigenvalue weighted by atomic mass is 19.1. The van der Waals surface area contributed by atoms with Crippen LogP contribution < -0.4 is 5.32 Å². The van der Waals surface area contributed by atoms with Crippen LogP contribution in [0.4, 0.5) is 4.39 Å². The van der Waals surface area contributed by atoms with Crippen LogP contribution in [0.5, 0.6) is 0 Å². The number of hydrogen-bond acceptors (Lipinski definition) is 3. The van der Waals surface area contributed by atoms with Gasteiger partial charge in [-0.1, -0.05) is 18.2 Å². The molecule has 4 nitrogen and oxygen atoms in total. The Kier molecular flexibility index (Phi) is 5.97. The monoisotopic (exact) mass is 291 g/mol. The molecule has 0 aliphatic carbocycles. The van der Waals surface area contributed by atoms with Gasteiger partial charge in [0.05, 0.1) is 12.7 Å². The van der Waals surface area contributed by atoms with Crippen molar-refractivity contribution in [3.63, 3.8) is 0 Å². The van der Waals surface area contributed by atoms with E-state index in [-0.39, 0.29) is 18.1 Å². The molecule has 0 aliphatic rings. The van der Waals surface area contributed by atoms with Gasteiger partial charge in [-0.15, -0.1) is 0 Å². The molecular weight excluding hydrogens is 273 g/mol. The third-order valence-corrected chi connectivity index (χ3v) is 2.92. The maximum absolute atomic E-state index is 13.4. The van der Waals surface area contributed by atoms with E-state index in [0.717, 1.165) is 5.76 Å². The summed E-state index contributed by atoms with van der Waals surface area (Å²) in [4.78, 5) is 11.7. The molecule has 0 aliphatic heterocycles. The Hall–Kier alpha value is -2.14. The average Bonchev–Trinajstić information content (AvgIpc) is 2.98. The Morgan fingerprint density at radius 3 is 2.86 bits per heavy atom. The fourth-order valence-corrected chi connectivity index (χ4v) is 1.85. The van der Waals surface area contributed by atoms with Crippen molar-refractivity contribution in [3.05, 3.63) is 59.8 Å². The van der Waals surface area contributed by atoms with Gasteiger partial charge in [-0.2, -0.15) is 0 Å². The molecule has 0 saturated carbocycles. The lowest BCUT2D eigenvalue weighted by Gasteiger charge is -2.06. The van der Waals surface area contributed by atoms with Crippen LogP contribution in [0.25, 0.3) is 0 Å². The fraction of sp³-hybridized carbons (Fsp3) is 0.312. The van der Waals surface area contributed by atoms with Crippen molar-refractivity contribution in [2.45, 2.75) is 19.4 Å². The van der Waals surface area contributed by atoms with Crippen LogP contribution in [0, 0.1) is 5.82 Å². The van der Waals surface area contributed by atoms with Crippen LogP contribution in [0.3, 0.4) is 0 Å². The van der Waals surface area contributed by atoms with Crippen LogP contribution in [0.1, 0.15) is 17.7 Å². The number of halogens is 1. The molecule has 0 fully saturated rings. The van der Waals surface area contributed by atoms with Crippen molar-refractivity contribution in [2.24, 2.45) is 0 Å². The van der Waals surface area contributed by atoms with E-state index in [9.17, 15) is 9.18 Å². The van der Waals surface area contributed by atoms with Gasteiger partial charge in [-0.25, -0.2) is 4.39 Å². The van der Waals surface area contributed by atoms with Gasteiger partial charge in [-0.3, -0.25) is 4.79 Å². The molecular formula is C16H18FNO3. The van der Waals surface area contributed by atoms with Crippen molar-refractivity contribution < 1.29 is 18.3 Å². The quantitative estimate of drug-likeness (QED) is 0.761. The van der Waals surface area contributed by atoms with Crippen LogP contribution in [0.2, 0.25) is 0 Å². The lowest BCUT2D eigenvalue weighted by Crippen LogP contribution is -2.27. The number of ether oxygens (including phenoxy) is 1. The molecule has 0 atom stereocenters. The van der Waals surface area contributed by atoms with Gasteiger partial charge in [-0.05, 0) is 30.2 Å². The highest BCUT2D eigenvalue weighted by molar-refractivity contribution is 5.78. The minimum Gasteiger partial charge on any atom is -0.467 e. The smallest absolute Gasteiger partial charge is 0.224 e. The molecule has 112 valence electrons. The van der Waals surface area contributed by atoms with E-state index in [1.54, 1.807) is 24.5 Å². The van der Waals surface area contributed by atoms with E-state index in [1.165, 1.54) is 6.07 Å². The summed E-state index contributed by atoms with van der Waals surface area (Å²) in [5.41, 5.74) is 0.407. The van der Waals surface area contributed by atoms with Gasteiger partial charge in [0.25, 0.3) is 0 Å². The summed E-state index contributed by atoms with van der Waals surface area (Å²) in [6.07, 6.45) is 2.35. The third-order valence-electron chi connectivity index (χ3n) is 2.92. The van der Waals surface area contributed by atoms with E-state index in [0.29, 0.717) is 31.7 Å². The topological polar surface area (TPSA) is 51.5 Å². The summed E-state index contributed by atoms with van der Waals surface area (Å²) in [5.74, 6) is 0.235. The zero-order valence-corrected chi connectivity index (χ0v) is 11.7. The van der Waals surface area contributed by atoms with Gasteiger partial charge in [0.2, 0.25) is 5.91 Å². The number of hydrogen-bond donors (Lipinski definition) is 1. The molecule has 1 aromatic heterocycles. The van der Waals surface area contributed by atoms with Gasteiger partial charge >= 0.3 is 0 Å². The summed E-state index contributed by atoms with van der Waals surface area (Å²) >= 11 is 0. The van der Waals surface area contributed by atoms with Gasteiger partial charge in [0, 0.05) is 13.2 Å². The van der Waals surface area contributed by atoms with Crippen molar-refractivity contribution >= 4 is 5.91 Å². The highest BCUT2D eigenvalue weighted by Gasteiger charge is 2.06. The number of carbonyl (C=O) groups is 1. The maximum atomic E-state index is 13.4. The van der Waals surface area contributed by atoms with Crippen molar-refractivity contribution in [2.75, 3.05) is 13.2 Å². The molecule has 1 heterocycles. The molecule has 0 bridgehead atoms. The number of rotatable bonds is 8. The van der Waals surface area contributed by atoms with Crippen LogP contribution in [-0.2, 0) is 22.6 Å². The first-order valence-corrected chi connectivity index (χ1v) is 6.86. The Bertz CT molecular complexity index is 554. The standard InChI is InChI=1S/C16H18FNO3/c17-15-7-2-1-5-13(15)11-16(19)18-8-4-9-20-12-14-6-3-10-21-14/h1-3,5-7,10H,4,8-9,11-12H2,(H,18,19). The van der Waals surface area contributed by atoms with Gasteiger partial charge in [0.1, 0.15) is 18.2 Å². The molecule has 1 N–H and O–H groups in total. The number of carbonyl (C=O) groups excluding carboxylic acids is 1. The second-order valence-electron chi connectivity index (χ2n) is 4.60. The Labute approximate surface area is 122 Å². The van der Waals surface area contributed by atoms with E-state index >= 15 is 0 Å². The minimum atomic E-state index is -0.352. The number of benzene rings is 1. The Balaban J connectivity index is 1.56. The molecule has 0 unspecified atom stereocenters. The maximum Gasteiger partial charge on any atom is 0.224 e. The molecule has 2 aromatic rings. The SMILES string of the molecule is O=C(Cc1ccccc1F)NCCCOCc1ccco1. The Morgan fingerprint density at radius 2 is 2.10 bits per heavy atom. The molecule has 5 heteroatoms. The van der Waals surface area contributed by atoms with Crippen molar-refractivity contribution in [3.8, 4) is 0 Å². The summed E-state index contributed by atoms with van der Waals surface area (Å²) in [7, 11) is 0. The number of amides is 1. The number of furan rings is 1. The van der Waals surface area contributed by atoms with Gasteiger partial charge < -0.3 is 14.5 Å². The van der Waals surface area contributed by atoms with Crippen molar-refractivity contribution in [1.29, 1.82) is 0 Å². The van der Waals surface area contributed by atoms with E-state index < -0.39 is 0 Å². The zero-order chi connectivity index (χ0) is 14.9. The summed E-state index contributed by atoms with van der Waals surface area (Å²) in [5, 5.41) is 2.74. The zero-order valence-electron chi connectivity index (χ0n) is 11.7. The normalized spacial score (nSPS) is 10.5. The minimum absolute atomic E-state index is 0.0555. The molecule has 2 rings (SSSR count). The molecule has 0 spiro atoms. The summed E-state index contributed by atoms with van der Waals surface area (Å²) < 4.78 is 23.9. The summed E-state index contributed by atoms with van der Waals surface area (Å²) in [6, 6.07) is 9.94. The number of nitrogens with one attached hydrogen (secondary N) is 1. The molecule has 21 heavy (non-hydrogen) atoms. The van der Waals surface area contributed by atoms with Crippen molar-refractivity contribution in [1.82, 2.24) is 5.32 Å². The lowest BCUT2D eigenvalue weighted by molar-refractivity contribution is -0.120. The predicted octanol–water partition coefficient (Wildman–Crippen LogP) is 2.68. The van der Waals surface area contributed by atoms with Crippen LogP contribution in [0.15, 0.2) is 47.1 Å². The highest BCUT2D eigenvalue weighted by Crippen LogP contribution is 2.06. The average molecular weight is 291 g/mol. The molecule has 1 aromatic carbocycles. The second-order valence-corrected chi connectivity index (χ2v) is 4.60. The largest absolute Gasteiger partial charge is 0.467 e. The fourth-order valence-electron chi connectivity index (χ4n) is 1.85. The molecule has 0 saturated heterocycles. The summed E-state index contributed by atoms with van der Waals surface area (Å²) in [6.45, 7) is 1.46. The predicted molar refractivity (Wildman–Crippen MR) is 76.1 cm³/mol. The van der Waals surface area contributed by atoms with E-state index in [2.05, 4.69) is 5.32 Å². The van der Waals surface area contributed by atoms with E-state index in [4.69, 9.17) is 9.15 Å².